The van der Waals surface area contributed by atoms with E-state index in [0.29, 0.717) is 30.0 Å². The van der Waals surface area contributed by atoms with Crippen LogP contribution in [-0.4, -0.2) is 78.9 Å². The number of imide groups is 1. The van der Waals surface area contributed by atoms with Crippen molar-refractivity contribution in [1.82, 2.24) is 15.1 Å². The van der Waals surface area contributed by atoms with Gasteiger partial charge in [0.2, 0.25) is 11.8 Å². The third-order valence-electron chi connectivity index (χ3n) is 10.5. The minimum atomic E-state index is -0.568. The molecule has 1 saturated carbocycles. The van der Waals surface area contributed by atoms with Crippen LogP contribution in [0.3, 0.4) is 0 Å². The second-order valence-electron chi connectivity index (χ2n) is 12.7. The second-order valence-corrected chi connectivity index (χ2v) is 12.7. The monoisotopic (exact) mass is 556 g/mol. The molecule has 3 N–H and O–H groups in total. The Kier molecular flexibility index (Phi) is 6.64. The number of amides is 3. The maximum atomic E-state index is 13.3. The van der Waals surface area contributed by atoms with E-state index in [9.17, 15) is 14.4 Å². The SMILES string of the molecule is Nc1ccc(N2CCN(C3CCC4(CCN(c5ccc6c(c5)C(=O)N(C5CCC(=O)NC5=O)C6)CC4)C3)CC2)cc1. The Morgan fingerprint density at radius 2 is 1.51 bits per heavy atom. The number of nitrogens with zero attached hydrogens (tertiary/aromatic N) is 4. The first-order valence-electron chi connectivity index (χ1n) is 15.2. The van der Waals surface area contributed by atoms with Crippen molar-refractivity contribution < 1.29 is 14.4 Å². The summed E-state index contributed by atoms with van der Waals surface area (Å²) in [6.07, 6.45) is 6.97. The fourth-order valence-electron chi connectivity index (χ4n) is 7.95. The molecular weight excluding hydrogens is 516 g/mol. The maximum Gasteiger partial charge on any atom is 0.255 e. The molecule has 0 aromatic heterocycles. The summed E-state index contributed by atoms with van der Waals surface area (Å²) in [6.45, 7) is 6.84. The quantitative estimate of drug-likeness (QED) is 0.441. The number of carbonyl (C=O) groups is 3. The van der Waals surface area contributed by atoms with Crippen LogP contribution >= 0.6 is 0 Å². The minimum absolute atomic E-state index is 0.0973. The minimum Gasteiger partial charge on any atom is -0.399 e. The van der Waals surface area contributed by atoms with E-state index in [0.717, 1.165) is 56.2 Å². The van der Waals surface area contributed by atoms with Gasteiger partial charge in [-0.2, -0.15) is 0 Å². The Balaban J connectivity index is 0.936. The Labute approximate surface area is 241 Å². The van der Waals surface area contributed by atoms with Gasteiger partial charge in [0, 0.05) is 80.9 Å². The predicted molar refractivity (Wildman–Crippen MR) is 159 cm³/mol. The zero-order chi connectivity index (χ0) is 28.1. The zero-order valence-corrected chi connectivity index (χ0v) is 23.7. The summed E-state index contributed by atoms with van der Waals surface area (Å²) >= 11 is 0. The maximum absolute atomic E-state index is 13.3. The van der Waals surface area contributed by atoms with Crippen LogP contribution in [0, 0.1) is 5.41 Å². The number of hydrogen-bond acceptors (Lipinski definition) is 7. The van der Waals surface area contributed by atoms with Crippen molar-refractivity contribution in [3.05, 3.63) is 53.6 Å². The van der Waals surface area contributed by atoms with Gasteiger partial charge in [0.1, 0.15) is 6.04 Å². The molecule has 9 heteroatoms. The Morgan fingerprint density at radius 1 is 0.805 bits per heavy atom. The van der Waals surface area contributed by atoms with E-state index < -0.39 is 6.04 Å². The summed E-state index contributed by atoms with van der Waals surface area (Å²) in [4.78, 5) is 46.5. The third kappa shape index (κ3) is 4.94. The summed E-state index contributed by atoms with van der Waals surface area (Å²) in [7, 11) is 0. The molecule has 4 fully saturated rings. The molecule has 2 unspecified atom stereocenters. The molecule has 5 aliphatic rings. The topological polar surface area (TPSA) is 102 Å². The molecule has 2 aromatic rings. The van der Waals surface area contributed by atoms with Crippen molar-refractivity contribution in [2.75, 3.05) is 54.8 Å². The molecule has 4 aliphatic heterocycles. The molecule has 0 radical (unpaired) electrons. The molecule has 2 aromatic carbocycles. The average Bonchev–Trinajstić information content (AvgIpc) is 3.55. The van der Waals surface area contributed by atoms with Gasteiger partial charge in [0.05, 0.1) is 0 Å². The number of nitrogens with one attached hydrogen (secondary N) is 1. The molecular formula is C32H40N6O3. The molecule has 41 heavy (non-hydrogen) atoms. The summed E-state index contributed by atoms with van der Waals surface area (Å²) < 4.78 is 0. The van der Waals surface area contributed by atoms with E-state index in [1.807, 2.05) is 18.2 Å². The summed E-state index contributed by atoms with van der Waals surface area (Å²) in [6, 6.07) is 14.6. The lowest BCUT2D eigenvalue weighted by atomic mass is 9.76. The van der Waals surface area contributed by atoms with Gasteiger partial charge in [-0.05, 0) is 85.9 Å². The number of anilines is 3. The van der Waals surface area contributed by atoms with Crippen molar-refractivity contribution in [1.29, 1.82) is 0 Å². The van der Waals surface area contributed by atoms with Crippen LogP contribution in [-0.2, 0) is 16.1 Å². The highest BCUT2D eigenvalue weighted by atomic mass is 16.2. The van der Waals surface area contributed by atoms with Crippen molar-refractivity contribution in [3.63, 3.8) is 0 Å². The Bertz CT molecular complexity index is 1340. The van der Waals surface area contributed by atoms with Crippen LogP contribution in [0.5, 0.6) is 0 Å². The normalized spacial score (nSPS) is 26.5. The summed E-state index contributed by atoms with van der Waals surface area (Å²) in [5, 5.41) is 2.39. The van der Waals surface area contributed by atoms with E-state index >= 15 is 0 Å². The van der Waals surface area contributed by atoms with Crippen LogP contribution < -0.4 is 20.9 Å². The molecule has 3 amide bonds. The van der Waals surface area contributed by atoms with Crippen molar-refractivity contribution in [2.45, 2.75) is 63.6 Å². The summed E-state index contributed by atoms with van der Waals surface area (Å²) in [5.74, 6) is -0.714. The lowest BCUT2D eigenvalue weighted by molar-refractivity contribution is -0.136. The Hall–Kier alpha value is -3.59. The molecule has 1 spiro atoms. The predicted octanol–water partition coefficient (Wildman–Crippen LogP) is 2.99. The van der Waals surface area contributed by atoms with Crippen molar-refractivity contribution in [3.8, 4) is 0 Å². The van der Waals surface area contributed by atoms with Crippen molar-refractivity contribution in [2.24, 2.45) is 5.41 Å². The van der Waals surface area contributed by atoms with E-state index in [-0.39, 0.29) is 24.1 Å². The third-order valence-corrected chi connectivity index (χ3v) is 10.5. The van der Waals surface area contributed by atoms with Gasteiger partial charge in [-0.3, -0.25) is 24.6 Å². The number of rotatable bonds is 4. The average molecular weight is 557 g/mol. The van der Waals surface area contributed by atoms with Gasteiger partial charge in [0.15, 0.2) is 0 Å². The van der Waals surface area contributed by atoms with Crippen LogP contribution in [0.15, 0.2) is 42.5 Å². The van der Waals surface area contributed by atoms with Crippen LogP contribution in [0.1, 0.15) is 60.9 Å². The molecule has 3 saturated heterocycles. The number of benzene rings is 2. The second kappa shape index (κ2) is 10.4. The van der Waals surface area contributed by atoms with Gasteiger partial charge < -0.3 is 20.4 Å². The number of hydrogen-bond donors (Lipinski definition) is 2. The lowest BCUT2D eigenvalue weighted by Gasteiger charge is -2.42. The van der Waals surface area contributed by atoms with Gasteiger partial charge in [0.25, 0.3) is 5.91 Å². The first kappa shape index (κ1) is 26.3. The van der Waals surface area contributed by atoms with E-state index in [2.05, 4.69) is 44.3 Å². The van der Waals surface area contributed by atoms with Gasteiger partial charge in [-0.25, -0.2) is 0 Å². The number of nitrogen functional groups attached to an aromatic ring is 1. The van der Waals surface area contributed by atoms with Crippen LogP contribution in [0.4, 0.5) is 17.1 Å². The first-order valence-corrected chi connectivity index (χ1v) is 15.2. The lowest BCUT2D eigenvalue weighted by Crippen LogP contribution is -2.52. The molecule has 216 valence electrons. The Morgan fingerprint density at radius 3 is 2.24 bits per heavy atom. The van der Waals surface area contributed by atoms with E-state index in [1.165, 1.54) is 37.8 Å². The van der Waals surface area contributed by atoms with Crippen LogP contribution in [0.2, 0.25) is 0 Å². The molecule has 1 aliphatic carbocycles. The molecule has 2 atom stereocenters. The number of piperazine rings is 1. The standard InChI is InChI=1S/C32H40N6O3/c33-23-2-5-24(6-3-23)36-15-17-37(18-16-36)26-9-10-32(20-26)11-13-35(14-12-32)25-4-1-22-21-38(31(41)27(22)19-25)28-7-8-29(39)34-30(28)40/h1-6,19,26,28H,7-18,20-21,33H2,(H,34,39,40). The van der Waals surface area contributed by atoms with E-state index in [4.69, 9.17) is 5.73 Å². The highest BCUT2D eigenvalue weighted by Gasteiger charge is 2.44. The molecule has 4 heterocycles. The number of carbonyl (C=O) groups excluding carboxylic acids is 3. The van der Waals surface area contributed by atoms with Gasteiger partial charge in [-0.15, -0.1) is 0 Å². The smallest absolute Gasteiger partial charge is 0.255 e. The summed E-state index contributed by atoms with van der Waals surface area (Å²) in [5.41, 5.74) is 11.2. The largest absolute Gasteiger partial charge is 0.399 e. The van der Waals surface area contributed by atoms with Crippen molar-refractivity contribution >= 4 is 34.8 Å². The van der Waals surface area contributed by atoms with Gasteiger partial charge >= 0.3 is 0 Å². The van der Waals surface area contributed by atoms with Gasteiger partial charge in [-0.1, -0.05) is 6.07 Å². The highest BCUT2D eigenvalue weighted by molar-refractivity contribution is 6.05. The zero-order valence-electron chi connectivity index (χ0n) is 23.7. The van der Waals surface area contributed by atoms with Crippen LogP contribution in [0.25, 0.3) is 0 Å². The fourth-order valence-corrected chi connectivity index (χ4v) is 7.95. The fraction of sp³-hybridized carbons (Fsp3) is 0.531. The molecule has 7 rings (SSSR count). The highest BCUT2D eigenvalue weighted by Crippen LogP contribution is 2.48. The number of piperidine rings is 2. The molecule has 9 nitrogen and oxygen atoms in total. The molecule has 0 bridgehead atoms. The van der Waals surface area contributed by atoms with E-state index in [1.54, 1.807) is 4.90 Å². The first-order chi connectivity index (χ1) is 19.9. The number of fused-ring (bicyclic) bond motifs is 1. The number of nitrogens with two attached hydrogens (primary N) is 1.